The van der Waals surface area contributed by atoms with Crippen LogP contribution in [0.25, 0.3) is 16.6 Å². The van der Waals surface area contributed by atoms with Gasteiger partial charge >= 0.3 is 0 Å². The Bertz CT molecular complexity index is 1080. The third-order valence-electron chi connectivity index (χ3n) is 3.67. The van der Waals surface area contributed by atoms with Crippen molar-refractivity contribution in [3.05, 3.63) is 48.7 Å². The van der Waals surface area contributed by atoms with Gasteiger partial charge in [-0.25, -0.2) is 13.3 Å². The fraction of sp³-hybridized carbons (Fsp3) is 0.235. The molecule has 0 aliphatic rings. The molecule has 3 rings (SSSR count). The van der Waals surface area contributed by atoms with Crippen LogP contribution in [0.5, 0.6) is 0 Å². The summed E-state index contributed by atoms with van der Waals surface area (Å²) in [5, 5.41) is 4.77. The van der Waals surface area contributed by atoms with Gasteiger partial charge in [0, 0.05) is 34.7 Å². The Morgan fingerprint density at radius 2 is 2.04 bits per heavy atom. The zero-order valence-electron chi connectivity index (χ0n) is 14.0. The van der Waals surface area contributed by atoms with Crippen LogP contribution in [0, 0.1) is 5.82 Å². The van der Waals surface area contributed by atoms with Crippen molar-refractivity contribution in [1.29, 1.82) is 0 Å². The van der Waals surface area contributed by atoms with Gasteiger partial charge < -0.3 is 0 Å². The van der Waals surface area contributed by atoms with E-state index in [0.29, 0.717) is 21.5 Å². The second-order valence-electron chi connectivity index (χ2n) is 5.88. The summed E-state index contributed by atoms with van der Waals surface area (Å²) in [5.41, 5.74) is 1.14. The van der Waals surface area contributed by atoms with E-state index in [4.69, 9.17) is 0 Å². The minimum absolute atomic E-state index is 0.323. The fourth-order valence-corrected chi connectivity index (χ4v) is 4.27. The summed E-state index contributed by atoms with van der Waals surface area (Å²) < 4.78 is 31.9. The molecule has 1 unspecified atom stereocenters. The van der Waals surface area contributed by atoms with E-state index in [0.717, 1.165) is 6.20 Å². The van der Waals surface area contributed by atoms with Crippen molar-refractivity contribution in [1.82, 2.24) is 14.8 Å². The van der Waals surface area contributed by atoms with Crippen molar-refractivity contribution >= 4 is 26.5 Å². The molecule has 0 saturated carbocycles. The molecule has 1 amide bonds. The van der Waals surface area contributed by atoms with E-state index in [9.17, 15) is 13.4 Å². The summed E-state index contributed by atoms with van der Waals surface area (Å²) in [5.74, 6) is -0.929. The molecule has 0 bridgehead atoms. The maximum absolute atomic E-state index is 13.4. The first-order chi connectivity index (χ1) is 11.8. The summed E-state index contributed by atoms with van der Waals surface area (Å²) in [7, 11) is -2.87. The number of rotatable bonds is 3. The summed E-state index contributed by atoms with van der Waals surface area (Å²) >= 11 is 0. The predicted octanol–water partition coefficient (Wildman–Crippen LogP) is 3.34. The first kappa shape index (κ1) is 17.2. The van der Waals surface area contributed by atoms with E-state index in [1.54, 1.807) is 38.2 Å². The van der Waals surface area contributed by atoms with Gasteiger partial charge in [-0.1, -0.05) is 0 Å². The second-order valence-corrected chi connectivity index (χ2v) is 8.62. The van der Waals surface area contributed by atoms with Gasteiger partial charge in [0.2, 0.25) is 0 Å². The largest absolute Gasteiger partial charge is 0.272 e. The molecule has 0 radical (unpaired) electrons. The third-order valence-corrected chi connectivity index (χ3v) is 6.41. The molecule has 8 heteroatoms. The summed E-state index contributed by atoms with van der Waals surface area (Å²) in [4.78, 5) is 15.7. The lowest BCUT2D eigenvalue weighted by Crippen LogP contribution is -2.15. The van der Waals surface area contributed by atoms with Gasteiger partial charge in [-0.3, -0.25) is 9.78 Å². The number of carbonyl (C=O) groups is 1. The maximum Gasteiger partial charge on any atom is 0.250 e. The minimum atomic E-state index is -2.87. The lowest BCUT2D eigenvalue weighted by Gasteiger charge is -2.13. The highest BCUT2D eigenvalue weighted by Crippen LogP contribution is 2.24. The Labute approximate surface area is 144 Å². The van der Waals surface area contributed by atoms with Gasteiger partial charge in [0.15, 0.2) is 0 Å². The third kappa shape index (κ3) is 3.30. The van der Waals surface area contributed by atoms with E-state index in [1.807, 2.05) is 0 Å². The maximum atomic E-state index is 13.4. The molecule has 2 aromatic heterocycles. The highest BCUT2D eigenvalue weighted by atomic mass is 32.2. The van der Waals surface area contributed by atoms with Crippen molar-refractivity contribution in [2.24, 2.45) is 4.36 Å². The van der Waals surface area contributed by atoms with Crippen molar-refractivity contribution in [2.75, 3.05) is 0 Å². The number of hydrogen-bond acceptors (Lipinski definition) is 4. The minimum Gasteiger partial charge on any atom is -0.272 e. The normalized spacial score (nSPS) is 13.8. The summed E-state index contributed by atoms with van der Waals surface area (Å²) in [6, 6.07) is 6.41. The van der Waals surface area contributed by atoms with Crippen LogP contribution in [0.4, 0.5) is 4.39 Å². The number of aromatic nitrogens is 3. The fourth-order valence-electron chi connectivity index (χ4n) is 2.47. The van der Waals surface area contributed by atoms with E-state index < -0.39 is 21.5 Å². The van der Waals surface area contributed by atoms with Gasteiger partial charge in [-0.05, 0) is 32.0 Å². The SMILES string of the molecule is CC(=O)N=S(=O)(c1ccc2nn(-c3cncc(F)c3)cc2c1)C(C)C. The van der Waals surface area contributed by atoms with Gasteiger partial charge in [-0.2, -0.15) is 9.46 Å². The van der Waals surface area contributed by atoms with Gasteiger partial charge in [0.25, 0.3) is 5.91 Å². The van der Waals surface area contributed by atoms with Crippen LogP contribution in [0.3, 0.4) is 0 Å². The highest BCUT2D eigenvalue weighted by molar-refractivity contribution is 7.94. The topological polar surface area (TPSA) is 77.2 Å². The zero-order valence-corrected chi connectivity index (χ0v) is 14.8. The molecule has 1 aromatic carbocycles. The Balaban J connectivity index is 2.15. The molecule has 0 spiro atoms. The first-order valence-corrected chi connectivity index (χ1v) is 9.24. The molecule has 2 heterocycles. The Morgan fingerprint density at radius 1 is 1.28 bits per heavy atom. The molecule has 0 aliphatic carbocycles. The van der Waals surface area contributed by atoms with Crippen LogP contribution < -0.4 is 0 Å². The number of pyridine rings is 1. The van der Waals surface area contributed by atoms with Crippen molar-refractivity contribution in [2.45, 2.75) is 30.9 Å². The lowest BCUT2D eigenvalue weighted by atomic mass is 10.3. The lowest BCUT2D eigenvalue weighted by molar-refractivity contribution is -0.115. The Morgan fingerprint density at radius 3 is 2.68 bits per heavy atom. The number of fused-ring (bicyclic) bond motifs is 1. The van der Waals surface area contributed by atoms with Crippen LogP contribution in [-0.4, -0.2) is 30.1 Å². The molecule has 1 atom stereocenters. The number of amides is 1. The highest BCUT2D eigenvalue weighted by Gasteiger charge is 2.19. The van der Waals surface area contributed by atoms with Crippen LogP contribution in [-0.2, 0) is 14.5 Å². The summed E-state index contributed by atoms with van der Waals surface area (Å²) in [6.45, 7) is 4.82. The van der Waals surface area contributed by atoms with Gasteiger partial charge in [-0.15, -0.1) is 0 Å². The standard InChI is InChI=1S/C17H17FN4O2S/c1-11(2)25(24,21-12(3)23)16-4-5-17-13(6-16)10-22(20-17)15-7-14(18)8-19-9-15/h4-11H,1-3H3. The van der Waals surface area contributed by atoms with E-state index in [2.05, 4.69) is 14.4 Å². The molecule has 0 aliphatic heterocycles. The smallest absolute Gasteiger partial charge is 0.250 e. The van der Waals surface area contributed by atoms with Crippen LogP contribution in [0.2, 0.25) is 0 Å². The molecular weight excluding hydrogens is 343 g/mol. The quantitative estimate of drug-likeness (QED) is 0.718. The van der Waals surface area contributed by atoms with E-state index in [-0.39, 0.29) is 5.25 Å². The molecule has 6 nitrogen and oxygen atoms in total. The zero-order chi connectivity index (χ0) is 18.2. The predicted molar refractivity (Wildman–Crippen MR) is 93.5 cm³/mol. The van der Waals surface area contributed by atoms with E-state index >= 15 is 0 Å². The monoisotopic (exact) mass is 360 g/mol. The van der Waals surface area contributed by atoms with E-state index in [1.165, 1.54) is 23.9 Å². The van der Waals surface area contributed by atoms with Crippen molar-refractivity contribution in [3.8, 4) is 5.69 Å². The number of carbonyl (C=O) groups excluding carboxylic acids is 1. The number of hydrogen-bond donors (Lipinski definition) is 0. The average molecular weight is 360 g/mol. The number of nitrogens with zero attached hydrogens (tertiary/aromatic N) is 4. The molecule has 3 aromatic rings. The van der Waals surface area contributed by atoms with Crippen LogP contribution >= 0.6 is 0 Å². The summed E-state index contributed by atoms with van der Waals surface area (Å²) in [6.07, 6.45) is 4.31. The molecule has 0 N–H and O–H groups in total. The number of benzene rings is 1. The Hall–Kier alpha value is -2.61. The molecular formula is C17H17FN4O2S. The number of halogens is 1. The Kier molecular flexibility index (Phi) is 4.38. The van der Waals surface area contributed by atoms with Crippen molar-refractivity contribution < 1.29 is 13.4 Å². The molecule has 0 fully saturated rings. The van der Waals surface area contributed by atoms with Gasteiger partial charge in [0.1, 0.15) is 5.82 Å². The first-order valence-electron chi connectivity index (χ1n) is 7.66. The van der Waals surface area contributed by atoms with Crippen LogP contribution in [0.15, 0.2) is 52.1 Å². The van der Waals surface area contributed by atoms with Crippen molar-refractivity contribution in [3.63, 3.8) is 0 Å². The van der Waals surface area contributed by atoms with Crippen LogP contribution in [0.1, 0.15) is 20.8 Å². The average Bonchev–Trinajstić information content (AvgIpc) is 2.97. The second kappa shape index (κ2) is 6.36. The van der Waals surface area contributed by atoms with Gasteiger partial charge in [0.05, 0.1) is 33.3 Å². The molecule has 25 heavy (non-hydrogen) atoms. The molecule has 0 saturated heterocycles. The molecule has 130 valence electrons.